The third-order valence-corrected chi connectivity index (χ3v) is 3.93. The molecular weight excluding hydrogens is 274 g/mol. The van der Waals surface area contributed by atoms with E-state index in [0.29, 0.717) is 13.1 Å². The molecule has 0 aliphatic carbocycles. The van der Waals surface area contributed by atoms with Crippen molar-refractivity contribution in [2.45, 2.75) is 12.6 Å². The van der Waals surface area contributed by atoms with Gasteiger partial charge in [-0.05, 0) is 37.7 Å². The topological polar surface area (TPSA) is 57.5 Å². The normalized spacial score (nSPS) is 12.3. The first-order valence-corrected chi connectivity index (χ1v) is 7.28. The van der Waals surface area contributed by atoms with E-state index < -0.39 is 0 Å². The first-order chi connectivity index (χ1) is 9.66. The average Bonchev–Trinajstić information content (AvgIpc) is 3.09. The van der Waals surface area contributed by atoms with E-state index in [1.165, 1.54) is 4.88 Å². The maximum Gasteiger partial charge on any atom is 0.315 e. The van der Waals surface area contributed by atoms with Crippen LogP contribution in [0.5, 0.6) is 0 Å². The lowest BCUT2D eigenvalue weighted by atomic mass is 10.2. The van der Waals surface area contributed by atoms with Crippen molar-refractivity contribution in [3.8, 4) is 0 Å². The Bertz CT molecular complexity index is 509. The van der Waals surface area contributed by atoms with Gasteiger partial charge in [-0.25, -0.2) is 4.79 Å². The number of likely N-dealkylation sites (N-methyl/N-ethyl adjacent to an activating group) is 1. The first kappa shape index (κ1) is 14.6. The Balaban J connectivity index is 1.79. The second-order valence-corrected chi connectivity index (χ2v) is 5.62. The fourth-order valence-corrected chi connectivity index (χ4v) is 2.77. The molecule has 0 aromatic carbocycles. The molecule has 108 valence electrons. The van der Waals surface area contributed by atoms with E-state index in [1.807, 2.05) is 31.6 Å². The number of hydrogen-bond acceptors (Lipinski definition) is 4. The Labute approximate surface area is 122 Å². The van der Waals surface area contributed by atoms with Crippen molar-refractivity contribution in [1.29, 1.82) is 0 Å². The molecule has 0 saturated heterocycles. The number of nitrogens with zero attached hydrogens (tertiary/aromatic N) is 1. The van der Waals surface area contributed by atoms with Gasteiger partial charge in [0.1, 0.15) is 5.76 Å². The maximum absolute atomic E-state index is 11.8. The highest BCUT2D eigenvalue weighted by atomic mass is 32.1. The van der Waals surface area contributed by atoms with Crippen molar-refractivity contribution in [2.24, 2.45) is 0 Å². The summed E-state index contributed by atoms with van der Waals surface area (Å²) < 4.78 is 5.16. The van der Waals surface area contributed by atoms with Gasteiger partial charge in [0.2, 0.25) is 0 Å². The molecule has 20 heavy (non-hydrogen) atoms. The fraction of sp³-hybridized carbons (Fsp3) is 0.357. The van der Waals surface area contributed by atoms with Crippen molar-refractivity contribution in [2.75, 3.05) is 20.6 Å². The van der Waals surface area contributed by atoms with Crippen LogP contribution in [0.3, 0.4) is 0 Å². The Kier molecular flexibility index (Phi) is 5.20. The molecule has 0 saturated carbocycles. The Morgan fingerprint density at radius 1 is 1.35 bits per heavy atom. The van der Waals surface area contributed by atoms with Crippen molar-refractivity contribution in [1.82, 2.24) is 15.5 Å². The molecule has 0 spiro atoms. The van der Waals surface area contributed by atoms with E-state index in [0.717, 1.165) is 5.76 Å². The lowest BCUT2D eigenvalue weighted by Gasteiger charge is -2.23. The van der Waals surface area contributed by atoms with Gasteiger partial charge in [0.25, 0.3) is 0 Å². The second-order valence-electron chi connectivity index (χ2n) is 4.64. The van der Waals surface area contributed by atoms with Crippen molar-refractivity contribution < 1.29 is 9.21 Å². The number of urea groups is 1. The summed E-state index contributed by atoms with van der Waals surface area (Å²) in [5, 5.41) is 7.70. The monoisotopic (exact) mass is 293 g/mol. The van der Waals surface area contributed by atoms with E-state index in [1.54, 1.807) is 23.7 Å². The highest BCUT2D eigenvalue weighted by Crippen LogP contribution is 2.22. The van der Waals surface area contributed by atoms with Gasteiger partial charge in [-0.3, -0.25) is 0 Å². The van der Waals surface area contributed by atoms with Crippen LogP contribution in [0.4, 0.5) is 4.79 Å². The molecule has 1 atom stereocenters. The largest absolute Gasteiger partial charge is 0.467 e. The highest BCUT2D eigenvalue weighted by molar-refractivity contribution is 7.10. The number of rotatable bonds is 6. The minimum atomic E-state index is -0.190. The van der Waals surface area contributed by atoms with Crippen molar-refractivity contribution in [3.05, 3.63) is 46.5 Å². The zero-order valence-electron chi connectivity index (χ0n) is 11.6. The predicted molar refractivity (Wildman–Crippen MR) is 79.7 cm³/mol. The van der Waals surface area contributed by atoms with Gasteiger partial charge < -0.3 is 20.0 Å². The molecule has 0 aliphatic heterocycles. The Morgan fingerprint density at radius 2 is 2.20 bits per heavy atom. The smallest absolute Gasteiger partial charge is 0.315 e. The lowest BCUT2D eigenvalue weighted by Crippen LogP contribution is -2.40. The summed E-state index contributed by atoms with van der Waals surface area (Å²) in [6, 6.07) is 7.72. The Hall–Kier alpha value is -1.79. The van der Waals surface area contributed by atoms with Crippen LogP contribution in [0, 0.1) is 0 Å². The summed E-state index contributed by atoms with van der Waals surface area (Å²) in [6.07, 6.45) is 1.59. The zero-order chi connectivity index (χ0) is 14.4. The van der Waals surface area contributed by atoms with E-state index >= 15 is 0 Å². The van der Waals surface area contributed by atoms with Crippen LogP contribution in [-0.2, 0) is 6.54 Å². The molecule has 0 unspecified atom stereocenters. The molecule has 0 fully saturated rings. The summed E-state index contributed by atoms with van der Waals surface area (Å²) in [4.78, 5) is 15.1. The molecule has 2 N–H and O–H groups in total. The fourth-order valence-electron chi connectivity index (χ4n) is 1.85. The number of furan rings is 1. The Morgan fingerprint density at radius 3 is 2.80 bits per heavy atom. The average molecular weight is 293 g/mol. The third kappa shape index (κ3) is 4.11. The molecule has 2 heterocycles. The lowest BCUT2D eigenvalue weighted by molar-refractivity contribution is 0.232. The SMILES string of the molecule is CN(C)[C@@H](CNC(=O)NCc1ccco1)c1cccs1. The van der Waals surface area contributed by atoms with Gasteiger partial charge in [-0.1, -0.05) is 6.07 Å². The molecule has 2 amide bonds. The number of nitrogens with one attached hydrogen (secondary N) is 2. The van der Waals surface area contributed by atoms with Crippen molar-refractivity contribution in [3.63, 3.8) is 0 Å². The summed E-state index contributed by atoms with van der Waals surface area (Å²) in [5.74, 6) is 0.738. The summed E-state index contributed by atoms with van der Waals surface area (Å²) in [6.45, 7) is 0.960. The van der Waals surface area contributed by atoms with Crippen LogP contribution < -0.4 is 10.6 Å². The molecular formula is C14H19N3O2S. The number of carbonyl (C=O) groups is 1. The highest BCUT2D eigenvalue weighted by Gasteiger charge is 2.16. The van der Waals surface area contributed by atoms with E-state index in [4.69, 9.17) is 4.42 Å². The van der Waals surface area contributed by atoms with Crippen molar-refractivity contribution >= 4 is 17.4 Å². The first-order valence-electron chi connectivity index (χ1n) is 6.40. The molecule has 2 aromatic heterocycles. The molecule has 2 aromatic rings. The van der Waals surface area contributed by atoms with Crippen LogP contribution in [-0.4, -0.2) is 31.6 Å². The van der Waals surface area contributed by atoms with Crippen LogP contribution in [0.1, 0.15) is 16.7 Å². The van der Waals surface area contributed by atoms with Gasteiger partial charge in [0, 0.05) is 11.4 Å². The van der Waals surface area contributed by atoms with E-state index in [-0.39, 0.29) is 12.1 Å². The predicted octanol–water partition coefficient (Wildman–Crippen LogP) is 2.44. The molecule has 0 aliphatic rings. The molecule has 5 nitrogen and oxygen atoms in total. The minimum Gasteiger partial charge on any atom is -0.467 e. The molecule has 0 radical (unpaired) electrons. The maximum atomic E-state index is 11.8. The van der Waals surface area contributed by atoms with Gasteiger partial charge in [-0.2, -0.15) is 0 Å². The van der Waals surface area contributed by atoms with Crippen LogP contribution >= 0.6 is 11.3 Å². The van der Waals surface area contributed by atoms with Crippen LogP contribution in [0.15, 0.2) is 40.3 Å². The summed E-state index contributed by atoms with van der Waals surface area (Å²) in [7, 11) is 4.01. The molecule has 2 rings (SSSR count). The van der Waals surface area contributed by atoms with E-state index in [9.17, 15) is 4.79 Å². The summed E-state index contributed by atoms with van der Waals surface area (Å²) >= 11 is 1.69. The second kappa shape index (κ2) is 7.12. The van der Waals surface area contributed by atoms with Crippen LogP contribution in [0.2, 0.25) is 0 Å². The number of carbonyl (C=O) groups excluding carboxylic acids is 1. The number of hydrogen-bond donors (Lipinski definition) is 2. The number of thiophene rings is 1. The minimum absolute atomic E-state index is 0.185. The zero-order valence-corrected chi connectivity index (χ0v) is 12.4. The van der Waals surface area contributed by atoms with E-state index in [2.05, 4.69) is 21.6 Å². The third-order valence-electron chi connectivity index (χ3n) is 2.95. The quantitative estimate of drug-likeness (QED) is 0.860. The summed E-state index contributed by atoms with van der Waals surface area (Å²) in [5.41, 5.74) is 0. The van der Waals surface area contributed by atoms with Gasteiger partial charge in [0.15, 0.2) is 0 Å². The van der Waals surface area contributed by atoms with Gasteiger partial charge in [0.05, 0.1) is 18.8 Å². The van der Waals surface area contributed by atoms with Crippen LogP contribution in [0.25, 0.3) is 0 Å². The standard InChI is InChI=1S/C14H19N3O2S/c1-17(2)12(13-6-4-8-20-13)10-16-14(18)15-9-11-5-3-7-19-11/h3-8,12H,9-10H2,1-2H3,(H2,15,16,18)/t12-/m0/s1. The number of amides is 2. The van der Waals surface area contributed by atoms with Gasteiger partial charge >= 0.3 is 6.03 Å². The molecule has 0 bridgehead atoms. The van der Waals surface area contributed by atoms with Gasteiger partial charge in [-0.15, -0.1) is 11.3 Å². The molecule has 6 heteroatoms.